The Morgan fingerprint density at radius 1 is 1.55 bits per heavy atom. The molecule has 1 unspecified atom stereocenters. The monoisotopic (exact) mass is 289 g/mol. The molecular formula is C16H19NO2S. The second-order valence-electron chi connectivity index (χ2n) is 4.85. The van der Waals surface area contributed by atoms with Crippen LogP contribution in [0.4, 0.5) is 5.69 Å². The van der Waals surface area contributed by atoms with Crippen LogP contribution < -0.4 is 5.32 Å². The van der Waals surface area contributed by atoms with Gasteiger partial charge in [-0.1, -0.05) is 11.8 Å². The first-order valence-corrected chi connectivity index (χ1v) is 7.95. The van der Waals surface area contributed by atoms with Crippen molar-refractivity contribution in [1.29, 1.82) is 0 Å². The molecule has 2 N–H and O–H groups in total. The molecule has 1 amide bonds. The fourth-order valence-corrected chi connectivity index (χ4v) is 3.30. The maximum Gasteiger partial charge on any atom is 0.228 e. The van der Waals surface area contributed by atoms with E-state index in [2.05, 4.69) is 17.2 Å². The van der Waals surface area contributed by atoms with Crippen molar-refractivity contribution in [3.63, 3.8) is 0 Å². The average Bonchev–Trinajstić information content (AvgIpc) is 2.95. The number of carbonyl (C=O) groups is 1. The van der Waals surface area contributed by atoms with Gasteiger partial charge in [0.25, 0.3) is 0 Å². The number of anilines is 1. The summed E-state index contributed by atoms with van der Waals surface area (Å²) in [5.41, 5.74) is 2.80. The highest BCUT2D eigenvalue weighted by atomic mass is 32.2. The first-order chi connectivity index (χ1) is 9.70. The summed E-state index contributed by atoms with van der Waals surface area (Å²) in [6.07, 6.45) is 1.46. The lowest BCUT2D eigenvalue weighted by Gasteiger charge is -2.11. The first-order valence-electron chi connectivity index (χ1n) is 6.79. The zero-order valence-electron chi connectivity index (χ0n) is 11.6. The molecule has 0 saturated carbocycles. The molecule has 20 heavy (non-hydrogen) atoms. The van der Waals surface area contributed by atoms with E-state index in [0.717, 1.165) is 34.7 Å². The molecule has 106 valence electrons. The van der Waals surface area contributed by atoms with Crippen molar-refractivity contribution in [1.82, 2.24) is 0 Å². The fourth-order valence-electron chi connectivity index (χ4n) is 2.08. The van der Waals surface area contributed by atoms with Gasteiger partial charge in [0, 0.05) is 29.3 Å². The van der Waals surface area contributed by atoms with Crippen LogP contribution in [-0.4, -0.2) is 29.1 Å². The molecule has 1 heterocycles. The summed E-state index contributed by atoms with van der Waals surface area (Å²) in [5, 5.41) is 11.7. The number of thioether (sulfide) groups is 1. The van der Waals surface area contributed by atoms with Gasteiger partial charge in [-0.25, -0.2) is 0 Å². The topological polar surface area (TPSA) is 49.3 Å². The minimum absolute atomic E-state index is 0.0829. The molecule has 1 atom stereocenters. The number of amides is 1. The lowest BCUT2D eigenvalue weighted by molar-refractivity contribution is -0.119. The summed E-state index contributed by atoms with van der Waals surface area (Å²) < 4.78 is 0. The number of aliphatic hydroxyl groups is 1. The van der Waals surface area contributed by atoms with E-state index in [9.17, 15) is 4.79 Å². The Balaban J connectivity index is 2.01. The number of benzene rings is 1. The SMILES string of the molecule is Cc1cc(NC(=O)C2CCSC2)ccc1C#CCCO. The van der Waals surface area contributed by atoms with E-state index in [-0.39, 0.29) is 18.4 Å². The van der Waals surface area contributed by atoms with Crippen molar-refractivity contribution in [2.24, 2.45) is 5.92 Å². The Labute approximate surface area is 124 Å². The third kappa shape index (κ3) is 4.03. The highest BCUT2D eigenvalue weighted by molar-refractivity contribution is 7.99. The molecular weight excluding hydrogens is 270 g/mol. The zero-order valence-corrected chi connectivity index (χ0v) is 12.4. The van der Waals surface area contributed by atoms with E-state index >= 15 is 0 Å². The van der Waals surface area contributed by atoms with E-state index in [1.807, 2.05) is 36.9 Å². The van der Waals surface area contributed by atoms with Crippen LogP contribution in [0.2, 0.25) is 0 Å². The summed E-state index contributed by atoms with van der Waals surface area (Å²) in [4.78, 5) is 12.0. The lowest BCUT2D eigenvalue weighted by Crippen LogP contribution is -2.22. The average molecular weight is 289 g/mol. The molecule has 1 fully saturated rings. The number of hydrogen-bond donors (Lipinski definition) is 2. The number of hydrogen-bond acceptors (Lipinski definition) is 3. The lowest BCUT2D eigenvalue weighted by atomic mass is 10.1. The minimum atomic E-state index is 0.0829. The molecule has 4 heteroatoms. The van der Waals surface area contributed by atoms with Crippen molar-refractivity contribution >= 4 is 23.4 Å². The third-order valence-corrected chi connectivity index (χ3v) is 4.42. The van der Waals surface area contributed by atoms with Crippen LogP contribution in [0.1, 0.15) is 24.0 Å². The maximum absolute atomic E-state index is 12.0. The van der Waals surface area contributed by atoms with Crippen molar-refractivity contribution < 1.29 is 9.90 Å². The van der Waals surface area contributed by atoms with Crippen molar-refractivity contribution in [2.75, 3.05) is 23.4 Å². The zero-order chi connectivity index (χ0) is 14.4. The summed E-state index contributed by atoms with van der Waals surface area (Å²) in [6, 6.07) is 5.75. The normalized spacial score (nSPS) is 17.4. The Morgan fingerprint density at radius 3 is 3.05 bits per heavy atom. The van der Waals surface area contributed by atoms with Crippen LogP contribution >= 0.6 is 11.8 Å². The number of nitrogens with one attached hydrogen (secondary N) is 1. The number of rotatable bonds is 3. The van der Waals surface area contributed by atoms with Gasteiger partial charge in [-0.3, -0.25) is 4.79 Å². The molecule has 1 aromatic carbocycles. The van der Waals surface area contributed by atoms with Crippen LogP contribution in [0, 0.1) is 24.7 Å². The van der Waals surface area contributed by atoms with Gasteiger partial charge in [0.05, 0.1) is 6.61 Å². The Morgan fingerprint density at radius 2 is 2.40 bits per heavy atom. The quantitative estimate of drug-likeness (QED) is 0.840. The number of carbonyl (C=O) groups excluding carboxylic acids is 1. The standard InChI is InChI=1S/C16H19NO2S/c1-12-10-15(6-5-13(12)4-2-3-8-18)17-16(19)14-7-9-20-11-14/h5-6,10,14,18H,3,7-9,11H2,1H3,(H,17,19). The molecule has 0 aliphatic carbocycles. The van der Waals surface area contributed by atoms with Gasteiger partial charge in [-0.15, -0.1) is 0 Å². The molecule has 0 spiro atoms. The molecule has 0 aromatic heterocycles. The summed E-state index contributed by atoms with van der Waals surface area (Å²) in [5.74, 6) is 8.20. The fraction of sp³-hybridized carbons (Fsp3) is 0.438. The molecule has 1 aliphatic heterocycles. The van der Waals surface area contributed by atoms with E-state index in [0.29, 0.717) is 6.42 Å². The van der Waals surface area contributed by atoms with Crippen LogP contribution in [-0.2, 0) is 4.79 Å². The highest BCUT2D eigenvalue weighted by Gasteiger charge is 2.23. The highest BCUT2D eigenvalue weighted by Crippen LogP contribution is 2.25. The Bertz CT molecular complexity index is 539. The number of aliphatic hydroxyl groups excluding tert-OH is 1. The van der Waals surface area contributed by atoms with Gasteiger partial charge >= 0.3 is 0 Å². The first kappa shape index (κ1) is 15.0. The van der Waals surface area contributed by atoms with E-state index in [1.165, 1.54) is 0 Å². The molecule has 2 rings (SSSR count). The van der Waals surface area contributed by atoms with Gasteiger partial charge in [-0.05, 0) is 42.9 Å². The van der Waals surface area contributed by atoms with Gasteiger partial charge in [-0.2, -0.15) is 11.8 Å². The molecule has 3 nitrogen and oxygen atoms in total. The van der Waals surface area contributed by atoms with Crippen molar-refractivity contribution in [2.45, 2.75) is 19.8 Å². The van der Waals surface area contributed by atoms with Crippen LogP contribution in [0.25, 0.3) is 0 Å². The Kier molecular flexibility index (Phi) is 5.51. The predicted octanol–water partition coefficient (Wildman–Crippen LogP) is 2.42. The van der Waals surface area contributed by atoms with Gasteiger partial charge in [0.2, 0.25) is 5.91 Å². The van der Waals surface area contributed by atoms with Gasteiger partial charge < -0.3 is 10.4 Å². The molecule has 0 radical (unpaired) electrons. The minimum Gasteiger partial charge on any atom is -0.395 e. The third-order valence-electron chi connectivity index (χ3n) is 3.25. The number of aryl methyl sites for hydroxylation is 1. The Hall–Kier alpha value is -1.44. The predicted molar refractivity (Wildman–Crippen MR) is 83.8 cm³/mol. The second-order valence-corrected chi connectivity index (χ2v) is 6.00. The molecule has 1 saturated heterocycles. The van der Waals surface area contributed by atoms with Crippen molar-refractivity contribution in [3.05, 3.63) is 29.3 Å². The van der Waals surface area contributed by atoms with E-state index in [4.69, 9.17) is 5.11 Å². The summed E-state index contributed by atoms with van der Waals surface area (Å²) in [7, 11) is 0. The molecule has 0 bridgehead atoms. The van der Waals surface area contributed by atoms with Crippen LogP contribution in [0.5, 0.6) is 0 Å². The van der Waals surface area contributed by atoms with Crippen LogP contribution in [0.15, 0.2) is 18.2 Å². The van der Waals surface area contributed by atoms with E-state index in [1.54, 1.807) is 0 Å². The summed E-state index contributed by atoms with van der Waals surface area (Å²) >= 11 is 1.84. The largest absolute Gasteiger partial charge is 0.395 e. The second kappa shape index (κ2) is 7.37. The van der Waals surface area contributed by atoms with E-state index < -0.39 is 0 Å². The molecule has 1 aromatic rings. The summed E-state index contributed by atoms with van der Waals surface area (Å²) in [6.45, 7) is 2.06. The van der Waals surface area contributed by atoms with Gasteiger partial charge in [0.15, 0.2) is 0 Å². The maximum atomic E-state index is 12.0. The van der Waals surface area contributed by atoms with Crippen LogP contribution in [0.3, 0.4) is 0 Å². The van der Waals surface area contributed by atoms with Crippen molar-refractivity contribution in [3.8, 4) is 11.8 Å². The van der Waals surface area contributed by atoms with Gasteiger partial charge in [0.1, 0.15) is 0 Å². The smallest absolute Gasteiger partial charge is 0.228 e. The molecule has 1 aliphatic rings.